The lowest BCUT2D eigenvalue weighted by molar-refractivity contribution is 0.226. The van der Waals surface area contributed by atoms with Gasteiger partial charge in [0.05, 0.1) is 12.3 Å². The van der Waals surface area contributed by atoms with Gasteiger partial charge in [-0.1, -0.05) is 30.3 Å². The fourth-order valence-corrected chi connectivity index (χ4v) is 1.71. The smallest absolute Gasteiger partial charge is 0.121 e. The third-order valence-corrected chi connectivity index (χ3v) is 2.31. The average molecular weight is 189 g/mol. The average Bonchev–Trinajstić information content (AvgIpc) is 2.68. The second kappa shape index (κ2) is 4.18. The van der Waals surface area contributed by atoms with Crippen LogP contribution in [0.25, 0.3) is 5.70 Å². The molecule has 2 heteroatoms. The van der Waals surface area contributed by atoms with E-state index in [0.29, 0.717) is 0 Å². The maximum atomic E-state index is 5.59. The summed E-state index contributed by atoms with van der Waals surface area (Å²) in [5.74, 6) is 1.10. The van der Waals surface area contributed by atoms with Gasteiger partial charge in [-0.15, -0.1) is 0 Å². The molecule has 2 nitrogen and oxygen atoms in total. The molecule has 1 aliphatic heterocycles. The van der Waals surface area contributed by atoms with Crippen molar-refractivity contribution in [3.05, 3.63) is 41.7 Å². The fraction of sp³-hybridized carbons (Fsp3) is 0.333. The molecule has 0 spiro atoms. The van der Waals surface area contributed by atoms with Gasteiger partial charge in [-0.2, -0.15) is 0 Å². The zero-order valence-electron chi connectivity index (χ0n) is 8.42. The lowest BCUT2D eigenvalue weighted by Gasteiger charge is -2.07. The first-order valence-electron chi connectivity index (χ1n) is 5.07. The third kappa shape index (κ3) is 1.74. The van der Waals surface area contributed by atoms with E-state index in [-0.39, 0.29) is 0 Å². The summed E-state index contributed by atoms with van der Waals surface area (Å²) in [6, 6.07) is 10.3. The van der Waals surface area contributed by atoms with E-state index in [9.17, 15) is 0 Å². The van der Waals surface area contributed by atoms with Gasteiger partial charge in [0.25, 0.3) is 0 Å². The zero-order chi connectivity index (χ0) is 9.80. The number of hydrogen-bond acceptors (Lipinski definition) is 2. The van der Waals surface area contributed by atoms with Crippen LogP contribution in [-0.4, -0.2) is 13.2 Å². The Hall–Kier alpha value is -1.44. The summed E-state index contributed by atoms with van der Waals surface area (Å²) in [6.45, 7) is 3.75. The van der Waals surface area contributed by atoms with E-state index in [1.165, 1.54) is 5.56 Å². The maximum absolute atomic E-state index is 5.59. The molecule has 1 aliphatic rings. The van der Waals surface area contributed by atoms with Gasteiger partial charge >= 0.3 is 0 Å². The highest BCUT2D eigenvalue weighted by Crippen LogP contribution is 2.23. The van der Waals surface area contributed by atoms with Crippen molar-refractivity contribution in [2.45, 2.75) is 13.3 Å². The van der Waals surface area contributed by atoms with Gasteiger partial charge in [0.1, 0.15) is 5.76 Å². The molecule has 1 N–H and O–H groups in total. The van der Waals surface area contributed by atoms with Crippen molar-refractivity contribution in [1.29, 1.82) is 0 Å². The highest BCUT2D eigenvalue weighted by Gasteiger charge is 2.15. The molecule has 0 bridgehead atoms. The van der Waals surface area contributed by atoms with Crippen LogP contribution in [0.4, 0.5) is 0 Å². The van der Waals surface area contributed by atoms with Crippen molar-refractivity contribution < 1.29 is 4.74 Å². The molecule has 1 aromatic carbocycles. The van der Waals surface area contributed by atoms with Crippen LogP contribution < -0.4 is 5.32 Å². The van der Waals surface area contributed by atoms with Gasteiger partial charge in [0, 0.05) is 18.5 Å². The number of hydrogen-bond donors (Lipinski definition) is 1. The Kier molecular flexibility index (Phi) is 2.73. The second-order valence-corrected chi connectivity index (χ2v) is 3.27. The summed E-state index contributed by atoms with van der Waals surface area (Å²) in [7, 11) is 0. The van der Waals surface area contributed by atoms with E-state index in [0.717, 1.165) is 31.0 Å². The van der Waals surface area contributed by atoms with E-state index < -0.39 is 0 Å². The van der Waals surface area contributed by atoms with E-state index in [1.807, 2.05) is 25.1 Å². The van der Waals surface area contributed by atoms with Crippen LogP contribution in [0.1, 0.15) is 18.9 Å². The summed E-state index contributed by atoms with van der Waals surface area (Å²) < 4.78 is 5.59. The summed E-state index contributed by atoms with van der Waals surface area (Å²) in [6.07, 6.45) is 0.998. The molecule has 14 heavy (non-hydrogen) atoms. The summed E-state index contributed by atoms with van der Waals surface area (Å²) in [5, 5.41) is 3.36. The fourth-order valence-electron chi connectivity index (χ4n) is 1.71. The predicted octanol–water partition coefficient (Wildman–Crippen LogP) is 2.39. The summed E-state index contributed by atoms with van der Waals surface area (Å²) in [5.41, 5.74) is 2.38. The van der Waals surface area contributed by atoms with Crippen LogP contribution in [-0.2, 0) is 4.74 Å². The highest BCUT2D eigenvalue weighted by molar-refractivity contribution is 5.67. The molecular weight excluding hydrogens is 174 g/mol. The van der Waals surface area contributed by atoms with Gasteiger partial charge in [-0.05, 0) is 6.92 Å². The third-order valence-electron chi connectivity index (χ3n) is 2.31. The van der Waals surface area contributed by atoms with Crippen LogP contribution in [0.5, 0.6) is 0 Å². The van der Waals surface area contributed by atoms with Crippen molar-refractivity contribution in [2.75, 3.05) is 13.2 Å². The second-order valence-electron chi connectivity index (χ2n) is 3.27. The maximum Gasteiger partial charge on any atom is 0.121 e. The lowest BCUT2D eigenvalue weighted by Crippen LogP contribution is -2.06. The number of rotatable bonds is 3. The van der Waals surface area contributed by atoms with Crippen molar-refractivity contribution in [2.24, 2.45) is 0 Å². The summed E-state index contributed by atoms with van der Waals surface area (Å²) in [4.78, 5) is 0. The van der Waals surface area contributed by atoms with E-state index in [4.69, 9.17) is 4.74 Å². The number of nitrogens with one attached hydrogen (secondary N) is 1. The summed E-state index contributed by atoms with van der Waals surface area (Å²) >= 11 is 0. The largest absolute Gasteiger partial charge is 0.496 e. The molecular formula is C12H15NO. The Labute approximate surface area is 84.6 Å². The predicted molar refractivity (Wildman–Crippen MR) is 57.6 cm³/mol. The van der Waals surface area contributed by atoms with Gasteiger partial charge in [-0.25, -0.2) is 0 Å². The van der Waals surface area contributed by atoms with Crippen LogP contribution in [0.15, 0.2) is 36.1 Å². The molecule has 0 amide bonds. The van der Waals surface area contributed by atoms with E-state index in [2.05, 4.69) is 17.4 Å². The highest BCUT2D eigenvalue weighted by atomic mass is 16.5. The molecule has 0 unspecified atom stereocenters. The van der Waals surface area contributed by atoms with Crippen molar-refractivity contribution in [3.8, 4) is 0 Å². The van der Waals surface area contributed by atoms with Crippen LogP contribution in [0.2, 0.25) is 0 Å². The van der Waals surface area contributed by atoms with Gasteiger partial charge < -0.3 is 10.1 Å². The Balaban J connectivity index is 2.28. The zero-order valence-corrected chi connectivity index (χ0v) is 8.42. The first kappa shape index (κ1) is 9.13. The van der Waals surface area contributed by atoms with Crippen LogP contribution in [0.3, 0.4) is 0 Å². The van der Waals surface area contributed by atoms with Crippen molar-refractivity contribution >= 4 is 5.70 Å². The van der Waals surface area contributed by atoms with Crippen LogP contribution in [0, 0.1) is 0 Å². The Morgan fingerprint density at radius 2 is 2.07 bits per heavy atom. The number of benzene rings is 1. The molecule has 0 fully saturated rings. The quantitative estimate of drug-likeness (QED) is 0.788. The molecule has 1 aromatic rings. The normalized spacial score (nSPS) is 15.5. The van der Waals surface area contributed by atoms with E-state index in [1.54, 1.807) is 0 Å². The van der Waals surface area contributed by atoms with Crippen molar-refractivity contribution in [3.63, 3.8) is 0 Å². The first-order valence-corrected chi connectivity index (χ1v) is 5.07. The Morgan fingerprint density at radius 1 is 1.29 bits per heavy atom. The molecule has 0 saturated carbocycles. The monoisotopic (exact) mass is 189 g/mol. The SMILES string of the molecule is CCOC1=C(c2ccccc2)NCC1. The Morgan fingerprint density at radius 3 is 2.79 bits per heavy atom. The van der Waals surface area contributed by atoms with Gasteiger partial charge in [0.15, 0.2) is 0 Å². The minimum absolute atomic E-state index is 0.743. The molecule has 0 aromatic heterocycles. The minimum atomic E-state index is 0.743. The van der Waals surface area contributed by atoms with Gasteiger partial charge in [-0.3, -0.25) is 0 Å². The molecule has 0 atom stereocenters. The Bertz CT molecular complexity index is 329. The number of ether oxygens (including phenoxy) is 1. The van der Waals surface area contributed by atoms with Gasteiger partial charge in [0.2, 0.25) is 0 Å². The van der Waals surface area contributed by atoms with Crippen molar-refractivity contribution in [1.82, 2.24) is 5.32 Å². The molecule has 74 valence electrons. The first-order chi connectivity index (χ1) is 6.92. The van der Waals surface area contributed by atoms with E-state index >= 15 is 0 Å². The molecule has 1 heterocycles. The molecule has 0 aliphatic carbocycles. The minimum Gasteiger partial charge on any atom is -0.496 e. The topological polar surface area (TPSA) is 21.3 Å². The molecule has 0 radical (unpaired) electrons. The molecule has 0 saturated heterocycles. The standard InChI is InChI=1S/C12H15NO/c1-2-14-11-8-9-13-12(11)10-6-4-3-5-7-10/h3-7,13H,2,8-9H2,1H3. The molecule has 2 rings (SSSR count). The lowest BCUT2D eigenvalue weighted by atomic mass is 10.1. The van der Waals surface area contributed by atoms with Crippen LogP contribution >= 0.6 is 0 Å².